The van der Waals surface area contributed by atoms with Gasteiger partial charge in [0.05, 0.1) is 0 Å². The molecule has 0 saturated carbocycles. The Morgan fingerprint density at radius 2 is 0.789 bits per heavy atom. The molecule has 0 bridgehead atoms. The summed E-state index contributed by atoms with van der Waals surface area (Å²) in [6.07, 6.45) is 38.4. The van der Waals surface area contributed by atoms with Crippen molar-refractivity contribution in [1.82, 2.24) is 9.80 Å². The summed E-state index contributed by atoms with van der Waals surface area (Å²) in [6, 6.07) is 0. The fraction of sp³-hybridized carbons (Fsp3) is 0.944. The zero-order valence-corrected chi connectivity index (χ0v) is 27.3. The van der Waals surface area contributed by atoms with Crippen LogP contribution in [0.25, 0.3) is 0 Å². The molecular formula is C36H72N2. The van der Waals surface area contributed by atoms with Gasteiger partial charge in [0, 0.05) is 25.0 Å². The van der Waals surface area contributed by atoms with Crippen molar-refractivity contribution in [2.45, 2.75) is 207 Å². The lowest BCUT2D eigenvalue weighted by atomic mass is 10.0. The number of nitrogens with zero attached hydrogens (tertiary/aromatic N) is 2. The van der Waals surface area contributed by atoms with Gasteiger partial charge in [0.25, 0.3) is 0 Å². The Hall–Kier alpha value is -0.660. The van der Waals surface area contributed by atoms with E-state index in [2.05, 4.69) is 44.5 Å². The van der Waals surface area contributed by atoms with Gasteiger partial charge in [-0.1, -0.05) is 156 Å². The summed E-state index contributed by atoms with van der Waals surface area (Å²) >= 11 is 0. The molecule has 38 heavy (non-hydrogen) atoms. The molecule has 0 saturated heterocycles. The standard InChI is InChI=1S/C36H72N2/c1-6-10-14-18-22-26-30-34-35(31-27-23-19-15-11-7-2)38(33-29-25-21-17-13-9-4)36(37(34)5)32-28-24-20-16-12-8-3/h36H,6-33H2,1-5H3. The predicted molar refractivity (Wildman–Crippen MR) is 173 cm³/mol. The van der Waals surface area contributed by atoms with E-state index in [1.807, 2.05) is 0 Å². The van der Waals surface area contributed by atoms with Crippen LogP contribution in [0.15, 0.2) is 11.4 Å². The van der Waals surface area contributed by atoms with Gasteiger partial charge in [-0.2, -0.15) is 0 Å². The second-order valence-electron chi connectivity index (χ2n) is 12.5. The van der Waals surface area contributed by atoms with E-state index in [0.717, 1.165) is 0 Å². The van der Waals surface area contributed by atoms with E-state index >= 15 is 0 Å². The molecule has 1 rings (SSSR count). The smallest absolute Gasteiger partial charge is 0.101 e. The second-order valence-corrected chi connectivity index (χ2v) is 12.5. The van der Waals surface area contributed by atoms with Gasteiger partial charge < -0.3 is 9.80 Å². The van der Waals surface area contributed by atoms with Crippen LogP contribution in [-0.4, -0.2) is 29.6 Å². The minimum atomic E-state index is 0.627. The fourth-order valence-electron chi connectivity index (χ4n) is 6.50. The third-order valence-electron chi connectivity index (χ3n) is 9.02. The van der Waals surface area contributed by atoms with Crippen LogP contribution in [0.4, 0.5) is 0 Å². The highest BCUT2D eigenvalue weighted by atomic mass is 15.4. The molecule has 2 nitrogen and oxygen atoms in total. The number of rotatable bonds is 28. The van der Waals surface area contributed by atoms with Crippen LogP contribution in [0, 0.1) is 0 Å². The SMILES string of the molecule is CCCCCCCCC1=C(CCCCCCCC)N(CCCCCCCC)C(CCCCCCCC)N1C. The summed E-state index contributed by atoms with van der Waals surface area (Å²) in [6.45, 7) is 10.6. The molecule has 1 unspecified atom stereocenters. The molecule has 0 fully saturated rings. The Bertz CT molecular complexity index is 539. The van der Waals surface area contributed by atoms with Gasteiger partial charge in [0.1, 0.15) is 6.17 Å². The number of hydrogen-bond donors (Lipinski definition) is 0. The largest absolute Gasteiger partial charge is 0.356 e. The lowest BCUT2D eigenvalue weighted by molar-refractivity contribution is 0.140. The zero-order valence-electron chi connectivity index (χ0n) is 27.3. The van der Waals surface area contributed by atoms with Crippen LogP contribution in [0.1, 0.15) is 201 Å². The first kappa shape index (κ1) is 35.4. The van der Waals surface area contributed by atoms with Gasteiger partial charge in [0.15, 0.2) is 0 Å². The van der Waals surface area contributed by atoms with Crippen LogP contribution < -0.4 is 0 Å². The van der Waals surface area contributed by atoms with Crippen LogP contribution >= 0.6 is 0 Å². The van der Waals surface area contributed by atoms with E-state index in [9.17, 15) is 0 Å². The molecule has 1 heterocycles. The molecule has 1 aliphatic heterocycles. The van der Waals surface area contributed by atoms with Crippen molar-refractivity contribution >= 4 is 0 Å². The van der Waals surface area contributed by atoms with Crippen LogP contribution in [0.5, 0.6) is 0 Å². The summed E-state index contributed by atoms with van der Waals surface area (Å²) in [5, 5.41) is 0. The molecule has 0 aromatic rings. The maximum absolute atomic E-state index is 2.93. The second kappa shape index (κ2) is 25.3. The van der Waals surface area contributed by atoms with E-state index in [1.54, 1.807) is 11.4 Å². The Balaban J connectivity index is 2.82. The molecule has 1 aliphatic rings. The zero-order chi connectivity index (χ0) is 27.7. The molecule has 2 heteroatoms. The third kappa shape index (κ3) is 15.8. The third-order valence-corrected chi connectivity index (χ3v) is 9.02. The molecule has 0 N–H and O–H groups in total. The van der Waals surface area contributed by atoms with Crippen molar-refractivity contribution in [3.05, 3.63) is 11.4 Å². The topological polar surface area (TPSA) is 6.48 Å². The van der Waals surface area contributed by atoms with E-state index in [1.165, 1.54) is 180 Å². The number of unbranched alkanes of at least 4 members (excludes halogenated alkanes) is 20. The van der Waals surface area contributed by atoms with Gasteiger partial charge in [-0.05, 0) is 44.9 Å². The lowest BCUT2D eigenvalue weighted by Crippen LogP contribution is -2.39. The normalized spacial score (nSPS) is 15.9. The van der Waals surface area contributed by atoms with Gasteiger partial charge in [0.2, 0.25) is 0 Å². The van der Waals surface area contributed by atoms with E-state index in [0.29, 0.717) is 6.17 Å². The van der Waals surface area contributed by atoms with E-state index in [4.69, 9.17) is 0 Å². The van der Waals surface area contributed by atoms with Crippen molar-refractivity contribution < 1.29 is 0 Å². The fourth-order valence-corrected chi connectivity index (χ4v) is 6.50. The van der Waals surface area contributed by atoms with Gasteiger partial charge in [-0.15, -0.1) is 0 Å². The highest BCUT2D eigenvalue weighted by Crippen LogP contribution is 2.37. The van der Waals surface area contributed by atoms with Crippen molar-refractivity contribution in [3.8, 4) is 0 Å². The number of allylic oxidation sites excluding steroid dienone is 2. The Morgan fingerprint density at radius 3 is 1.26 bits per heavy atom. The predicted octanol–water partition coefficient (Wildman–Crippen LogP) is 12.4. The van der Waals surface area contributed by atoms with Crippen molar-refractivity contribution in [2.75, 3.05) is 13.6 Å². The minimum absolute atomic E-state index is 0.627. The average Bonchev–Trinajstić information content (AvgIpc) is 3.17. The average molecular weight is 533 g/mol. The first-order valence-corrected chi connectivity index (χ1v) is 17.9. The maximum atomic E-state index is 2.93. The summed E-state index contributed by atoms with van der Waals surface area (Å²) in [4.78, 5) is 5.70. The Labute approximate surface area is 241 Å². The van der Waals surface area contributed by atoms with E-state index < -0.39 is 0 Å². The van der Waals surface area contributed by atoms with Crippen LogP contribution in [0.2, 0.25) is 0 Å². The molecule has 0 aromatic heterocycles. The molecule has 0 aromatic carbocycles. The van der Waals surface area contributed by atoms with Crippen molar-refractivity contribution in [2.24, 2.45) is 0 Å². The van der Waals surface area contributed by atoms with E-state index in [-0.39, 0.29) is 0 Å². The molecule has 226 valence electrons. The molecule has 0 amide bonds. The first-order valence-electron chi connectivity index (χ1n) is 17.9. The molecule has 0 aliphatic carbocycles. The summed E-state index contributed by atoms with van der Waals surface area (Å²) < 4.78 is 0. The van der Waals surface area contributed by atoms with Gasteiger partial charge in [-0.25, -0.2) is 0 Å². The van der Waals surface area contributed by atoms with Crippen molar-refractivity contribution in [1.29, 1.82) is 0 Å². The highest BCUT2D eigenvalue weighted by Gasteiger charge is 2.34. The maximum Gasteiger partial charge on any atom is 0.101 e. The van der Waals surface area contributed by atoms with Crippen LogP contribution in [-0.2, 0) is 0 Å². The quantitative estimate of drug-likeness (QED) is 0.0924. The molecular weight excluding hydrogens is 460 g/mol. The van der Waals surface area contributed by atoms with Gasteiger partial charge >= 0.3 is 0 Å². The van der Waals surface area contributed by atoms with Crippen molar-refractivity contribution in [3.63, 3.8) is 0 Å². The van der Waals surface area contributed by atoms with Crippen LogP contribution in [0.3, 0.4) is 0 Å². The monoisotopic (exact) mass is 533 g/mol. The molecule has 0 spiro atoms. The summed E-state index contributed by atoms with van der Waals surface area (Å²) in [5.41, 5.74) is 3.50. The molecule has 1 atom stereocenters. The Morgan fingerprint density at radius 1 is 0.421 bits per heavy atom. The summed E-state index contributed by atoms with van der Waals surface area (Å²) in [5.74, 6) is 0. The summed E-state index contributed by atoms with van der Waals surface area (Å²) in [7, 11) is 2.46. The number of hydrogen-bond acceptors (Lipinski definition) is 2. The minimum Gasteiger partial charge on any atom is -0.356 e. The lowest BCUT2D eigenvalue weighted by Gasteiger charge is -2.33. The van der Waals surface area contributed by atoms with Gasteiger partial charge in [-0.3, -0.25) is 0 Å². The first-order chi connectivity index (χ1) is 18.7. The molecule has 0 radical (unpaired) electrons. The highest BCUT2D eigenvalue weighted by molar-refractivity contribution is 5.20. The Kier molecular flexibility index (Phi) is 23.6.